The molecule has 0 aromatic heterocycles. The van der Waals surface area contributed by atoms with Crippen LogP contribution in [0.4, 0.5) is 0 Å². The molecule has 4 unspecified atom stereocenters. The van der Waals surface area contributed by atoms with Crippen LogP contribution in [0, 0.1) is 29.1 Å². The summed E-state index contributed by atoms with van der Waals surface area (Å²) < 4.78 is 0. The van der Waals surface area contributed by atoms with Crippen molar-refractivity contribution in [3.63, 3.8) is 0 Å². The molecule has 2 N–H and O–H groups in total. The third-order valence-corrected chi connectivity index (χ3v) is 6.47. The lowest BCUT2D eigenvalue weighted by molar-refractivity contribution is -0.152. The first-order chi connectivity index (χ1) is 10.6. The average molecular weight is 303 g/mol. The van der Waals surface area contributed by atoms with Gasteiger partial charge in [-0.1, -0.05) is 0 Å². The van der Waals surface area contributed by atoms with Crippen molar-refractivity contribution < 1.29 is 9.90 Å². The van der Waals surface area contributed by atoms with Crippen LogP contribution in [-0.4, -0.2) is 46.7 Å². The predicted molar refractivity (Wildman–Crippen MR) is 80.6 cm³/mol. The molecule has 120 valence electrons. The maximum Gasteiger partial charge on any atom is 0.237 e. The predicted octanol–water partition coefficient (Wildman–Crippen LogP) is 1.03. The number of carbonyl (C=O) groups excluding carboxylic acids is 1. The van der Waals surface area contributed by atoms with Crippen molar-refractivity contribution in [3.05, 3.63) is 0 Å². The summed E-state index contributed by atoms with van der Waals surface area (Å²) in [5, 5.41) is 23.5. The Balaban J connectivity index is 1.40. The van der Waals surface area contributed by atoms with Gasteiger partial charge in [-0.05, 0) is 62.7 Å². The van der Waals surface area contributed by atoms with Gasteiger partial charge in [-0.3, -0.25) is 4.79 Å². The molecule has 4 bridgehead atoms. The van der Waals surface area contributed by atoms with Gasteiger partial charge in [-0.25, -0.2) is 0 Å². The second-order valence-electron chi connectivity index (χ2n) is 7.94. The summed E-state index contributed by atoms with van der Waals surface area (Å²) >= 11 is 0. The molecule has 0 radical (unpaired) electrons. The molecule has 5 heteroatoms. The third-order valence-electron chi connectivity index (χ3n) is 6.47. The number of likely N-dealkylation sites (tertiary alicyclic amines) is 1. The number of nitriles is 1. The van der Waals surface area contributed by atoms with E-state index < -0.39 is 5.60 Å². The minimum Gasteiger partial charge on any atom is -0.388 e. The Kier molecular flexibility index (Phi) is 3.43. The average Bonchev–Trinajstić information content (AvgIpc) is 2.93. The Morgan fingerprint density at radius 1 is 1.32 bits per heavy atom. The van der Waals surface area contributed by atoms with Crippen molar-refractivity contribution in [2.45, 2.75) is 62.6 Å². The fraction of sp³-hybridized carbons (Fsp3) is 0.882. The standard InChI is InChI=1S/C17H25N3O2/c18-9-14-2-1-3-20(14)15(21)10-19-16-13-5-11-4-12(6-13)8-17(16,22)7-11/h11-14,16,19,22H,1-8,10H2. The molecule has 1 heterocycles. The summed E-state index contributed by atoms with van der Waals surface area (Å²) in [7, 11) is 0. The molecule has 5 fully saturated rings. The van der Waals surface area contributed by atoms with Gasteiger partial charge in [0, 0.05) is 12.6 Å². The molecule has 1 aliphatic heterocycles. The van der Waals surface area contributed by atoms with Crippen molar-refractivity contribution in [1.29, 1.82) is 5.26 Å². The number of nitrogens with zero attached hydrogens (tertiary/aromatic N) is 2. The summed E-state index contributed by atoms with van der Waals surface area (Å²) in [4.78, 5) is 14.1. The van der Waals surface area contributed by atoms with Crippen LogP contribution in [-0.2, 0) is 4.79 Å². The zero-order valence-corrected chi connectivity index (χ0v) is 13.0. The zero-order valence-electron chi connectivity index (χ0n) is 13.0. The maximum absolute atomic E-state index is 12.4. The Morgan fingerprint density at radius 2 is 2.05 bits per heavy atom. The molecule has 4 aliphatic carbocycles. The Morgan fingerprint density at radius 3 is 2.68 bits per heavy atom. The number of nitrogens with one attached hydrogen (secondary N) is 1. The number of hydrogen-bond acceptors (Lipinski definition) is 4. The zero-order chi connectivity index (χ0) is 15.3. The molecular weight excluding hydrogens is 278 g/mol. The molecule has 4 saturated carbocycles. The molecule has 1 amide bonds. The van der Waals surface area contributed by atoms with Crippen LogP contribution in [0.5, 0.6) is 0 Å². The van der Waals surface area contributed by atoms with E-state index in [0.717, 1.165) is 25.7 Å². The van der Waals surface area contributed by atoms with Gasteiger partial charge in [-0.2, -0.15) is 5.26 Å². The highest BCUT2D eigenvalue weighted by molar-refractivity contribution is 5.79. The minimum absolute atomic E-state index is 0.0152. The number of hydrogen-bond donors (Lipinski definition) is 2. The minimum atomic E-state index is -0.603. The Labute approximate surface area is 131 Å². The van der Waals surface area contributed by atoms with Crippen molar-refractivity contribution in [3.8, 4) is 6.07 Å². The molecule has 22 heavy (non-hydrogen) atoms. The summed E-state index contributed by atoms with van der Waals surface area (Å²) in [6, 6.07) is 2.03. The fourth-order valence-corrected chi connectivity index (χ4v) is 5.85. The molecule has 5 rings (SSSR count). The summed E-state index contributed by atoms with van der Waals surface area (Å²) in [5.74, 6) is 1.92. The maximum atomic E-state index is 12.4. The summed E-state index contributed by atoms with van der Waals surface area (Å²) in [5.41, 5.74) is -0.603. The van der Waals surface area contributed by atoms with Crippen LogP contribution in [0.1, 0.15) is 44.9 Å². The number of aliphatic hydroxyl groups is 1. The van der Waals surface area contributed by atoms with E-state index in [2.05, 4.69) is 11.4 Å². The molecule has 1 saturated heterocycles. The molecule has 0 aromatic carbocycles. The van der Waals surface area contributed by atoms with E-state index in [1.54, 1.807) is 4.90 Å². The molecule has 0 spiro atoms. The first kappa shape index (κ1) is 14.5. The van der Waals surface area contributed by atoms with Crippen LogP contribution >= 0.6 is 0 Å². The summed E-state index contributed by atoms with van der Waals surface area (Å²) in [6.45, 7) is 0.957. The van der Waals surface area contributed by atoms with Gasteiger partial charge in [0.2, 0.25) is 5.91 Å². The van der Waals surface area contributed by atoms with Gasteiger partial charge in [0.25, 0.3) is 0 Å². The van der Waals surface area contributed by atoms with E-state index in [-0.39, 0.29) is 24.5 Å². The van der Waals surface area contributed by atoms with Crippen LogP contribution in [0.15, 0.2) is 0 Å². The molecular formula is C17H25N3O2. The van der Waals surface area contributed by atoms with E-state index in [1.165, 1.54) is 19.3 Å². The third kappa shape index (κ3) is 2.24. The van der Waals surface area contributed by atoms with Crippen molar-refractivity contribution in [2.75, 3.05) is 13.1 Å². The smallest absolute Gasteiger partial charge is 0.237 e. The van der Waals surface area contributed by atoms with Gasteiger partial charge in [0.05, 0.1) is 18.2 Å². The fourth-order valence-electron chi connectivity index (χ4n) is 5.85. The lowest BCUT2D eigenvalue weighted by Crippen LogP contribution is -2.66. The highest BCUT2D eigenvalue weighted by atomic mass is 16.3. The van der Waals surface area contributed by atoms with Crippen LogP contribution in [0.3, 0.4) is 0 Å². The normalized spacial score (nSPS) is 46.0. The van der Waals surface area contributed by atoms with Gasteiger partial charge < -0.3 is 15.3 Å². The number of amides is 1. The van der Waals surface area contributed by atoms with E-state index in [9.17, 15) is 9.90 Å². The monoisotopic (exact) mass is 303 g/mol. The van der Waals surface area contributed by atoms with Crippen molar-refractivity contribution in [1.82, 2.24) is 10.2 Å². The second kappa shape index (κ2) is 5.21. The van der Waals surface area contributed by atoms with E-state index in [0.29, 0.717) is 24.3 Å². The van der Waals surface area contributed by atoms with Crippen LogP contribution in [0.25, 0.3) is 0 Å². The lowest BCUT2D eigenvalue weighted by Gasteiger charge is -2.59. The van der Waals surface area contributed by atoms with E-state index in [1.807, 2.05) is 0 Å². The first-order valence-electron chi connectivity index (χ1n) is 8.74. The second-order valence-corrected chi connectivity index (χ2v) is 7.94. The van der Waals surface area contributed by atoms with Crippen molar-refractivity contribution in [2.24, 2.45) is 17.8 Å². The molecule has 4 atom stereocenters. The van der Waals surface area contributed by atoms with Crippen LogP contribution in [0.2, 0.25) is 0 Å². The van der Waals surface area contributed by atoms with Crippen LogP contribution < -0.4 is 5.32 Å². The topological polar surface area (TPSA) is 76.4 Å². The van der Waals surface area contributed by atoms with Gasteiger partial charge in [-0.15, -0.1) is 0 Å². The Bertz CT molecular complexity index is 501. The molecule has 5 nitrogen and oxygen atoms in total. The number of carbonyl (C=O) groups is 1. The molecule has 0 aromatic rings. The first-order valence-corrected chi connectivity index (χ1v) is 8.74. The molecule has 5 aliphatic rings. The highest BCUT2D eigenvalue weighted by Gasteiger charge is 2.56. The SMILES string of the molecule is N#CC1CCCN1C(=O)CNC1C2CC3CC(C2)CC1(O)C3. The van der Waals surface area contributed by atoms with Gasteiger partial charge in [0.1, 0.15) is 6.04 Å². The van der Waals surface area contributed by atoms with E-state index in [4.69, 9.17) is 5.26 Å². The highest BCUT2D eigenvalue weighted by Crippen LogP contribution is 2.55. The van der Waals surface area contributed by atoms with Gasteiger partial charge in [0.15, 0.2) is 0 Å². The van der Waals surface area contributed by atoms with Gasteiger partial charge >= 0.3 is 0 Å². The Hall–Kier alpha value is -1.12. The quantitative estimate of drug-likeness (QED) is 0.816. The summed E-state index contributed by atoms with van der Waals surface area (Å²) in [6.07, 6.45) is 7.21. The van der Waals surface area contributed by atoms with E-state index >= 15 is 0 Å². The van der Waals surface area contributed by atoms with Crippen molar-refractivity contribution >= 4 is 5.91 Å². The largest absolute Gasteiger partial charge is 0.388 e. The number of rotatable bonds is 3. The lowest BCUT2D eigenvalue weighted by atomic mass is 9.52.